The summed E-state index contributed by atoms with van der Waals surface area (Å²) in [5.74, 6) is -0.613. The van der Waals surface area contributed by atoms with E-state index in [4.69, 9.17) is 9.47 Å². The van der Waals surface area contributed by atoms with Crippen LogP contribution in [0, 0.1) is 5.82 Å². The van der Waals surface area contributed by atoms with Crippen molar-refractivity contribution in [3.05, 3.63) is 51.3 Å². The van der Waals surface area contributed by atoms with Crippen molar-refractivity contribution < 1.29 is 23.5 Å². The van der Waals surface area contributed by atoms with E-state index in [-0.39, 0.29) is 47.1 Å². The number of nitrogens with zero attached hydrogens (tertiary/aromatic N) is 4. The molecular weight excluding hydrogens is 493 g/mol. The van der Waals surface area contributed by atoms with E-state index in [1.54, 1.807) is 10.6 Å². The first-order chi connectivity index (χ1) is 18.4. The maximum atomic E-state index is 14.1. The number of nitrogens with one attached hydrogen (secondary N) is 1. The van der Waals surface area contributed by atoms with E-state index in [1.807, 2.05) is 11.8 Å². The SMILES string of the molecule is COc1c2n(c3c4nn(c(=O)c13)Cc1ccc(F)cc1OCCCCCNC4=O)C(C)CN(C1CC1)C2=O. The van der Waals surface area contributed by atoms with Crippen LogP contribution in [0.5, 0.6) is 11.5 Å². The third kappa shape index (κ3) is 4.00. The number of hydrogen-bond donors (Lipinski definition) is 1. The summed E-state index contributed by atoms with van der Waals surface area (Å²) in [7, 11) is 1.42. The van der Waals surface area contributed by atoms with Gasteiger partial charge in [0.05, 0.1) is 25.8 Å². The highest BCUT2D eigenvalue weighted by Crippen LogP contribution is 2.41. The van der Waals surface area contributed by atoms with Crippen LogP contribution in [0.25, 0.3) is 10.9 Å². The van der Waals surface area contributed by atoms with Gasteiger partial charge in [0.1, 0.15) is 17.0 Å². The molecule has 3 aliphatic rings. The highest BCUT2D eigenvalue weighted by atomic mass is 19.1. The maximum Gasteiger partial charge on any atom is 0.280 e. The molecule has 1 N–H and O–H groups in total. The molecule has 6 rings (SSSR count). The molecule has 200 valence electrons. The van der Waals surface area contributed by atoms with Crippen molar-refractivity contribution in [1.29, 1.82) is 0 Å². The highest BCUT2D eigenvalue weighted by Gasteiger charge is 2.43. The largest absolute Gasteiger partial charge is 0.493 e. The summed E-state index contributed by atoms with van der Waals surface area (Å²) in [6.45, 7) is 3.19. The van der Waals surface area contributed by atoms with Crippen LogP contribution in [0.3, 0.4) is 0 Å². The van der Waals surface area contributed by atoms with Crippen molar-refractivity contribution in [3.63, 3.8) is 0 Å². The zero-order valence-corrected chi connectivity index (χ0v) is 21.5. The van der Waals surface area contributed by atoms with Gasteiger partial charge in [0, 0.05) is 36.8 Å². The number of carbonyl (C=O) groups excluding carboxylic acids is 2. The molecule has 0 spiro atoms. The predicted molar refractivity (Wildman–Crippen MR) is 136 cm³/mol. The van der Waals surface area contributed by atoms with Crippen LogP contribution in [-0.4, -0.2) is 63.9 Å². The molecule has 2 aromatic heterocycles. The van der Waals surface area contributed by atoms with Crippen molar-refractivity contribution in [2.24, 2.45) is 0 Å². The Bertz CT molecular complexity index is 1510. The average molecular weight is 524 g/mol. The molecule has 2 bridgehead atoms. The lowest BCUT2D eigenvalue weighted by atomic mass is 10.1. The number of hydrogen-bond acceptors (Lipinski definition) is 6. The van der Waals surface area contributed by atoms with E-state index in [0.29, 0.717) is 42.9 Å². The Labute approximate surface area is 218 Å². The van der Waals surface area contributed by atoms with Gasteiger partial charge in [-0.1, -0.05) is 6.07 Å². The van der Waals surface area contributed by atoms with Gasteiger partial charge < -0.3 is 24.3 Å². The molecule has 38 heavy (non-hydrogen) atoms. The van der Waals surface area contributed by atoms with Crippen molar-refractivity contribution >= 4 is 22.7 Å². The molecular formula is C27H30FN5O5. The number of ether oxygens (including phenoxy) is 2. The number of fused-ring (bicyclic) bond motifs is 7. The minimum Gasteiger partial charge on any atom is -0.493 e. The first kappa shape index (κ1) is 24.4. The van der Waals surface area contributed by atoms with Crippen LogP contribution < -0.4 is 20.3 Å². The van der Waals surface area contributed by atoms with Gasteiger partial charge in [0.2, 0.25) is 0 Å². The van der Waals surface area contributed by atoms with Crippen molar-refractivity contribution in [2.45, 2.75) is 57.7 Å². The number of carbonyl (C=O) groups is 2. The van der Waals surface area contributed by atoms with Gasteiger partial charge in [0.15, 0.2) is 17.1 Å². The topological polar surface area (TPSA) is 108 Å². The minimum absolute atomic E-state index is 0.0466. The summed E-state index contributed by atoms with van der Waals surface area (Å²) in [5.41, 5.74) is 0.661. The molecule has 1 saturated carbocycles. The van der Waals surface area contributed by atoms with Gasteiger partial charge in [0.25, 0.3) is 17.4 Å². The molecule has 1 aromatic carbocycles. The molecule has 2 aliphatic heterocycles. The summed E-state index contributed by atoms with van der Waals surface area (Å²) in [6.07, 6.45) is 4.16. The average Bonchev–Trinajstić information content (AvgIpc) is 3.68. The van der Waals surface area contributed by atoms with Crippen LogP contribution in [0.2, 0.25) is 0 Å². The Morgan fingerprint density at radius 2 is 1.97 bits per heavy atom. The number of methoxy groups -OCH3 is 1. The van der Waals surface area contributed by atoms with E-state index in [1.165, 1.54) is 23.9 Å². The van der Waals surface area contributed by atoms with E-state index >= 15 is 0 Å². The Hall–Kier alpha value is -3.89. The summed E-state index contributed by atoms with van der Waals surface area (Å²) < 4.78 is 28.5. The lowest BCUT2D eigenvalue weighted by Gasteiger charge is -2.33. The lowest BCUT2D eigenvalue weighted by Crippen LogP contribution is -2.43. The molecule has 0 saturated heterocycles. The molecule has 11 heteroatoms. The predicted octanol–water partition coefficient (Wildman–Crippen LogP) is 2.87. The third-order valence-electron chi connectivity index (χ3n) is 7.54. The first-order valence-corrected chi connectivity index (χ1v) is 13.1. The smallest absolute Gasteiger partial charge is 0.280 e. The monoisotopic (exact) mass is 523 g/mol. The van der Waals surface area contributed by atoms with Crippen LogP contribution in [0.4, 0.5) is 4.39 Å². The number of halogens is 1. The fourth-order valence-electron chi connectivity index (χ4n) is 5.55. The Balaban J connectivity index is 1.60. The standard InChI is InChI=1S/C27H30FN5O5/c1-15-13-31(18-8-9-18)27(36)23-24(37-2)20-22(33(15)23)21-25(34)29-10-4-3-5-11-38-19-12-17(28)7-6-16(19)14-32(30-21)26(20)35/h6-7,12,15,18H,3-5,8-11,13-14H2,1-2H3,(H,29,34). The number of aromatic nitrogens is 3. The van der Waals surface area contributed by atoms with E-state index in [0.717, 1.165) is 25.7 Å². The highest BCUT2D eigenvalue weighted by molar-refractivity contribution is 6.11. The second-order valence-electron chi connectivity index (χ2n) is 10.2. The van der Waals surface area contributed by atoms with Crippen LogP contribution in [-0.2, 0) is 6.54 Å². The van der Waals surface area contributed by atoms with Crippen molar-refractivity contribution in [3.8, 4) is 11.5 Å². The molecule has 1 unspecified atom stereocenters. The van der Waals surface area contributed by atoms with Gasteiger partial charge in [-0.2, -0.15) is 5.10 Å². The summed E-state index contributed by atoms with van der Waals surface area (Å²) in [5, 5.41) is 7.57. The Morgan fingerprint density at radius 1 is 1.16 bits per heavy atom. The van der Waals surface area contributed by atoms with Gasteiger partial charge in [-0.05, 0) is 45.1 Å². The molecule has 1 atom stereocenters. The van der Waals surface area contributed by atoms with Gasteiger partial charge >= 0.3 is 0 Å². The molecule has 1 fully saturated rings. The fourth-order valence-corrected chi connectivity index (χ4v) is 5.55. The second-order valence-corrected chi connectivity index (χ2v) is 10.2. The van der Waals surface area contributed by atoms with Crippen LogP contribution in [0.1, 0.15) is 71.6 Å². The summed E-state index contributed by atoms with van der Waals surface area (Å²) in [4.78, 5) is 42.9. The Kier molecular flexibility index (Phi) is 6.08. The molecule has 3 aromatic rings. The van der Waals surface area contributed by atoms with E-state index < -0.39 is 17.3 Å². The van der Waals surface area contributed by atoms with Gasteiger partial charge in [-0.15, -0.1) is 0 Å². The van der Waals surface area contributed by atoms with Crippen LogP contribution >= 0.6 is 0 Å². The fraction of sp³-hybridized carbons (Fsp3) is 0.481. The quantitative estimate of drug-likeness (QED) is 0.554. The zero-order chi connectivity index (χ0) is 26.6. The molecule has 10 nitrogen and oxygen atoms in total. The molecule has 1 aliphatic carbocycles. The first-order valence-electron chi connectivity index (χ1n) is 13.1. The minimum atomic E-state index is -0.504. The molecule has 4 heterocycles. The van der Waals surface area contributed by atoms with Gasteiger partial charge in [-0.3, -0.25) is 14.4 Å². The van der Waals surface area contributed by atoms with Crippen molar-refractivity contribution in [2.75, 3.05) is 26.8 Å². The number of amides is 2. The third-order valence-corrected chi connectivity index (χ3v) is 7.54. The summed E-state index contributed by atoms with van der Waals surface area (Å²) >= 11 is 0. The molecule has 0 radical (unpaired) electrons. The second kappa shape index (κ2) is 9.45. The van der Waals surface area contributed by atoms with E-state index in [9.17, 15) is 18.8 Å². The maximum absolute atomic E-state index is 14.1. The van der Waals surface area contributed by atoms with Gasteiger partial charge in [-0.25, -0.2) is 9.07 Å². The van der Waals surface area contributed by atoms with Crippen molar-refractivity contribution in [1.82, 2.24) is 24.6 Å². The number of benzene rings is 1. The molecule has 2 amide bonds. The Morgan fingerprint density at radius 3 is 2.74 bits per heavy atom. The normalized spacial score (nSPS) is 20.3. The van der Waals surface area contributed by atoms with E-state index in [2.05, 4.69) is 10.4 Å². The van der Waals surface area contributed by atoms with Crippen LogP contribution in [0.15, 0.2) is 23.0 Å². The summed E-state index contributed by atoms with van der Waals surface area (Å²) in [6, 6.07) is 4.14. The lowest BCUT2D eigenvalue weighted by molar-refractivity contribution is 0.0659. The number of rotatable bonds is 2. The zero-order valence-electron chi connectivity index (χ0n) is 21.5.